The highest BCUT2D eigenvalue weighted by molar-refractivity contribution is 5.50. The van der Waals surface area contributed by atoms with E-state index in [4.69, 9.17) is 0 Å². The lowest BCUT2D eigenvalue weighted by Crippen LogP contribution is -2.30. The molecule has 0 spiro atoms. The Hall–Kier alpha value is -2.44. The van der Waals surface area contributed by atoms with Crippen LogP contribution in [0.15, 0.2) is 36.5 Å². The van der Waals surface area contributed by atoms with Gasteiger partial charge in [-0.15, -0.1) is 0 Å². The Morgan fingerprint density at radius 1 is 1.56 bits per heavy atom. The maximum absolute atomic E-state index is 11.1. The van der Waals surface area contributed by atoms with Gasteiger partial charge in [-0.25, -0.2) is 0 Å². The molecule has 0 aliphatic rings. The summed E-state index contributed by atoms with van der Waals surface area (Å²) in [6.07, 6.45) is 4.58. The Balaban J connectivity index is 2.94. The highest BCUT2D eigenvalue weighted by Gasteiger charge is 2.15. The van der Waals surface area contributed by atoms with Crippen molar-refractivity contribution in [3.8, 4) is 0 Å². The molecule has 0 aromatic carbocycles. The SMILES string of the molecule is CN(C)C(=C[N+](=O)[O-])N(C=O)Cc1cccnc1. The van der Waals surface area contributed by atoms with Crippen LogP contribution < -0.4 is 0 Å². The quantitative estimate of drug-likeness (QED) is 0.421. The van der Waals surface area contributed by atoms with Crippen molar-refractivity contribution in [3.05, 3.63) is 52.2 Å². The second-order valence-electron chi connectivity index (χ2n) is 3.76. The molecule has 0 fully saturated rings. The smallest absolute Gasteiger partial charge is 0.274 e. The van der Waals surface area contributed by atoms with E-state index >= 15 is 0 Å². The summed E-state index contributed by atoms with van der Waals surface area (Å²) >= 11 is 0. The molecule has 0 N–H and O–H groups in total. The average Bonchev–Trinajstić information content (AvgIpc) is 2.34. The Labute approximate surface area is 104 Å². The van der Waals surface area contributed by atoms with E-state index in [1.54, 1.807) is 38.6 Å². The minimum atomic E-state index is -0.588. The molecule has 1 amide bonds. The highest BCUT2D eigenvalue weighted by atomic mass is 16.6. The normalized spacial score (nSPS) is 10.9. The topological polar surface area (TPSA) is 79.6 Å². The second kappa shape index (κ2) is 6.33. The van der Waals surface area contributed by atoms with Crippen molar-refractivity contribution in [1.82, 2.24) is 14.8 Å². The van der Waals surface area contributed by atoms with Crippen molar-refractivity contribution in [2.75, 3.05) is 14.1 Å². The number of amides is 1. The summed E-state index contributed by atoms with van der Waals surface area (Å²) < 4.78 is 0. The molecule has 7 heteroatoms. The Bertz CT molecular complexity index is 445. The molecule has 0 aliphatic heterocycles. The Morgan fingerprint density at radius 2 is 2.28 bits per heavy atom. The van der Waals surface area contributed by atoms with Gasteiger partial charge in [-0.05, 0) is 11.6 Å². The number of aromatic nitrogens is 1. The lowest BCUT2D eigenvalue weighted by atomic mass is 10.3. The number of hydrogen-bond donors (Lipinski definition) is 0. The summed E-state index contributed by atoms with van der Waals surface area (Å²) in [4.78, 5) is 27.7. The van der Waals surface area contributed by atoms with Crippen molar-refractivity contribution in [1.29, 1.82) is 0 Å². The number of pyridine rings is 1. The van der Waals surface area contributed by atoms with Gasteiger partial charge in [0.15, 0.2) is 5.82 Å². The maximum atomic E-state index is 11.1. The van der Waals surface area contributed by atoms with Gasteiger partial charge in [0.25, 0.3) is 6.20 Å². The standard InChI is InChI=1S/C11H14N4O3/c1-13(2)11(8-15(17)18)14(9-16)7-10-4-3-5-12-6-10/h3-6,8-9H,7H2,1-2H3. The lowest BCUT2D eigenvalue weighted by molar-refractivity contribution is -0.405. The summed E-state index contributed by atoms with van der Waals surface area (Å²) in [7, 11) is 3.27. The number of carbonyl (C=O) groups excluding carboxylic acids is 1. The minimum Gasteiger partial charge on any atom is -0.359 e. The van der Waals surface area contributed by atoms with Crippen molar-refractivity contribution < 1.29 is 9.72 Å². The zero-order valence-electron chi connectivity index (χ0n) is 10.2. The fourth-order valence-electron chi connectivity index (χ4n) is 1.40. The van der Waals surface area contributed by atoms with Gasteiger partial charge in [0, 0.05) is 26.5 Å². The summed E-state index contributed by atoms with van der Waals surface area (Å²) in [5, 5.41) is 10.5. The van der Waals surface area contributed by atoms with Crippen molar-refractivity contribution >= 4 is 6.41 Å². The molecular formula is C11H14N4O3. The largest absolute Gasteiger partial charge is 0.359 e. The van der Waals surface area contributed by atoms with E-state index in [0.717, 1.165) is 11.8 Å². The first-order chi connectivity index (χ1) is 8.54. The van der Waals surface area contributed by atoms with Crippen molar-refractivity contribution in [2.24, 2.45) is 0 Å². The summed E-state index contributed by atoms with van der Waals surface area (Å²) in [5.74, 6) is 0.207. The van der Waals surface area contributed by atoms with Crippen LogP contribution in [0.25, 0.3) is 0 Å². The molecule has 0 saturated heterocycles. The number of carbonyl (C=O) groups is 1. The van der Waals surface area contributed by atoms with E-state index in [9.17, 15) is 14.9 Å². The van der Waals surface area contributed by atoms with Gasteiger partial charge in [0.1, 0.15) is 0 Å². The van der Waals surface area contributed by atoms with Crippen LogP contribution in [0.3, 0.4) is 0 Å². The van der Waals surface area contributed by atoms with Crippen LogP contribution in [0, 0.1) is 10.1 Å². The number of nitro groups is 1. The molecule has 18 heavy (non-hydrogen) atoms. The highest BCUT2D eigenvalue weighted by Crippen LogP contribution is 2.10. The summed E-state index contributed by atoms with van der Waals surface area (Å²) in [6.45, 7) is 0.231. The molecule has 1 heterocycles. The van der Waals surface area contributed by atoms with Crippen LogP contribution in [-0.2, 0) is 11.3 Å². The molecule has 1 aromatic heterocycles. The first-order valence-electron chi connectivity index (χ1n) is 5.18. The third-order valence-electron chi connectivity index (χ3n) is 2.18. The van der Waals surface area contributed by atoms with Crippen LogP contribution in [0.4, 0.5) is 0 Å². The van der Waals surface area contributed by atoms with Crippen LogP contribution in [0.2, 0.25) is 0 Å². The molecule has 7 nitrogen and oxygen atoms in total. The van der Waals surface area contributed by atoms with E-state index in [1.807, 2.05) is 0 Å². The summed E-state index contributed by atoms with van der Waals surface area (Å²) in [5.41, 5.74) is 0.792. The van der Waals surface area contributed by atoms with Gasteiger partial charge in [0.2, 0.25) is 6.41 Å². The zero-order valence-corrected chi connectivity index (χ0v) is 10.2. The zero-order chi connectivity index (χ0) is 13.5. The van der Waals surface area contributed by atoms with Crippen molar-refractivity contribution in [2.45, 2.75) is 6.54 Å². The van der Waals surface area contributed by atoms with Gasteiger partial charge < -0.3 is 4.90 Å². The van der Waals surface area contributed by atoms with E-state index in [-0.39, 0.29) is 12.4 Å². The predicted octanol–water partition coefficient (Wildman–Crippen LogP) is 0.677. The van der Waals surface area contributed by atoms with Gasteiger partial charge in [-0.1, -0.05) is 6.07 Å². The fraction of sp³-hybridized carbons (Fsp3) is 0.273. The van der Waals surface area contributed by atoms with Gasteiger partial charge >= 0.3 is 0 Å². The third-order valence-corrected chi connectivity index (χ3v) is 2.18. The summed E-state index contributed by atoms with van der Waals surface area (Å²) in [6, 6.07) is 3.54. The van der Waals surface area contributed by atoms with Crippen molar-refractivity contribution in [3.63, 3.8) is 0 Å². The molecule has 0 bridgehead atoms. The Morgan fingerprint density at radius 3 is 2.72 bits per heavy atom. The third kappa shape index (κ3) is 3.85. The molecule has 0 saturated carbocycles. The molecule has 1 aromatic rings. The van der Waals surface area contributed by atoms with Crippen LogP contribution in [-0.4, -0.2) is 40.2 Å². The Kier molecular flexibility index (Phi) is 4.79. The first-order valence-corrected chi connectivity index (χ1v) is 5.18. The van der Waals surface area contributed by atoms with E-state index in [2.05, 4.69) is 4.98 Å². The molecule has 0 aliphatic carbocycles. The first kappa shape index (κ1) is 13.6. The second-order valence-corrected chi connectivity index (χ2v) is 3.76. The number of hydrogen-bond acceptors (Lipinski definition) is 5. The average molecular weight is 250 g/mol. The minimum absolute atomic E-state index is 0.207. The molecule has 1 rings (SSSR count). The predicted molar refractivity (Wildman–Crippen MR) is 64.6 cm³/mol. The molecule has 0 unspecified atom stereocenters. The number of nitrogens with zero attached hydrogens (tertiary/aromatic N) is 4. The van der Waals surface area contributed by atoms with Crippen LogP contribution >= 0.6 is 0 Å². The molecule has 96 valence electrons. The molecule has 0 radical (unpaired) electrons. The monoisotopic (exact) mass is 250 g/mol. The van der Waals surface area contributed by atoms with Crippen LogP contribution in [0.5, 0.6) is 0 Å². The number of rotatable bonds is 6. The van der Waals surface area contributed by atoms with E-state index in [0.29, 0.717) is 6.41 Å². The molecular weight excluding hydrogens is 236 g/mol. The maximum Gasteiger partial charge on any atom is 0.274 e. The molecule has 0 atom stereocenters. The van der Waals surface area contributed by atoms with Gasteiger partial charge in [0.05, 0.1) is 11.5 Å². The van der Waals surface area contributed by atoms with Gasteiger partial charge in [-0.3, -0.25) is 24.8 Å². The van der Waals surface area contributed by atoms with Crippen LogP contribution in [0.1, 0.15) is 5.56 Å². The fourth-order valence-corrected chi connectivity index (χ4v) is 1.40. The lowest BCUT2D eigenvalue weighted by Gasteiger charge is -2.24. The van der Waals surface area contributed by atoms with Gasteiger partial charge in [-0.2, -0.15) is 0 Å². The van der Waals surface area contributed by atoms with E-state index < -0.39 is 4.92 Å². The van der Waals surface area contributed by atoms with E-state index in [1.165, 1.54) is 9.80 Å².